The summed E-state index contributed by atoms with van der Waals surface area (Å²) in [5.41, 5.74) is 17.6. The van der Waals surface area contributed by atoms with Crippen LogP contribution in [0.3, 0.4) is 0 Å². The molecule has 3 heteroatoms. The standard InChI is InChI=1S/C64H42N2O/c1-2-22-48-43(18-1)19-16-30-49(48)45-20-15-21-47(42-45)65(46-40-38-44(39-41-46)50-31-17-32-58-57-29-9-14-37-63(57)67-64(50)58)59-33-10-5-25-53(59)51-23-3-4-24-52(51)54-26-6-11-34-60(54)66-61-35-12-7-27-55(61)56-28-8-13-36-62(56)66/h1-42H. The van der Waals surface area contributed by atoms with Gasteiger partial charge in [-0.2, -0.15) is 0 Å². The molecular formula is C64H42N2O. The van der Waals surface area contributed by atoms with Crippen LogP contribution in [0.4, 0.5) is 17.1 Å². The van der Waals surface area contributed by atoms with Gasteiger partial charge in [-0.05, 0) is 93.2 Å². The molecule has 0 aliphatic heterocycles. The Morgan fingerprint density at radius 2 is 0.851 bits per heavy atom. The van der Waals surface area contributed by atoms with Gasteiger partial charge in [0.05, 0.1) is 22.4 Å². The number of para-hydroxylation sites is 6. The van der Waals surface area contributed by atoms with Crippen LogP contribution in [0.25, 0.3) is 105 Å². The number of fused-ring (bicyclic) bond motifs is 7. The van der Waals surface area contributed by atoms with E-state index in [4.69, 9.17) is 4.42 Å². The Bertz CT molecular complexity index is 3950. The molecule has 2 heterocycles. The summed E-state index contributed by atoms with van der Waals surface area (Å²) in [7, 11) is 0. The maximum absolute atomic E-state index is 6.51. The third kappa shape index (κ3) is 6.43. The van der Waals surface area contributed by atoms with Crippen molar-refractivity contribution in [1.29, 1.82) is 0 Å². The minimum Gasteiger partial charge on any atom is -0.455 e. The van der Waals surface area contributed by atoms with E-state index in [0.717, 1.165) is 83.6 Å². The second kappa shape index (κ2) is 16.0. The first-order chi connectivity index (χ1) is 33.3. The molecule has 13 rings (SSSR count). The van der Waals surface area contributed by atoms with Gasteiger partial charge in [-0.25, -0.2) is 0 Å². The number of anilines is 3. The van der Waals surface area contributed by atoms with Crippen LogP contribution in [0.15, 0.2) is 259 Å². The summed E-state index contributed by atoms with van der Waals surface area (Å²) < 4.78 is 8.95. The van der Waals surface area contributed by atoms with Gasteiger partial charge in [0.2, 0.25) is 0 Å². The Morgan fingerprint density at radius 3 is 1.64 bits per heavy atom. The third-order valence-electron chi connectivity index (χ3n) is 13.4. The van der Waals surface area contributed by atoms with Gasteiger partial charge in [-0.3, -0.25) is 0 Å². The van der Waals surface area contributed by atoms with Crippen LogP contribution in [0, 0.1) is 0 Å². The molecule has 67 heavy (non-hydrogen) atoms. The monoisotopic (exact) mass is 854 g/mol. The van der Waals surface area contributed by atoms with Crippen molar-refractivity contribution in [2.75, 3.05) is 4.90 Å². The molecule has 0 saturated carbocycles. The van der Waals surface area contributed by atoms with Gasteiger partial charge < -0.3 is 13.9 Å². The third-order valence-corrected chi connectivity index (χ3v) is 13.4. The van der Waals surface area contributed by atoms with Crippen molar-refractivity contribution >= 4 is 71.6 Å². The fourth-order valence-electron chi connectivity index (χ4n) is 10.4. The number of benzene rings is 11. The minimum atomic E-state index is 0.897. The van der Waals surface area contributed by atoms with E-state index in [2.05, 4.69) is 252 Å². The van der Waals surface area contributed by atoms with Gasteiger partial charge in [0, 0.05) is 49.6 Å². The Balaban J connectivity index is 0.999. The molecular weight excluding hydrogens is 813 g/mol. The topological polar surface area (TPSA) is 21.3 Å². The smallest absolute Gasteiger partial charge is 0.143 e. The van der Waals surface area contributed by atoms with E-state index in [1.54, 1.807) is 0 Å². The molecule has 0 spiro atoms. The van der Waals surface area contributed by atoms with E-state index in [0.29, 0.717) is 0 Å². The molecule has 314 valence electrons. The number of furan rings is 1. The van der Waals surface area contributed by atoms with E-state index in [1.807, 2.05) is 12.1 Å². The van der Waals surface area contributed by atoms with Gasteiger partial charge in [0.15, 0.2) is 0 Å². The van der Waals surface area contributed by atoms with Crippen molar-refractivity contribution < 1.29 is 4.42 Å². The molecule has 13 aromatic rings. The van der Waals surface area contributed by atoms with E-state index in [9.17, 15) is 0 Å². The lowest BCUT2D eigenvalue weighted by Crippen LogP contribution is -2.11. The van der Waals surface area contributed by atoms with Crippen LogP contribution in [0.2, 0.25) is 0 Å². The largest absolute Gasteiger partial charge is 0.455 e. The molecule has 0 radical (unpaired) electrons. The van der Waals surface area contributed by atoms with Crippen molar-refractivity contribution in [3.8, 4) is 50.2 Å². The van der Waals surface area contributed by atoms with Crippen molar-refractivity contribution in [3.05, 3.63) is 255 Å². The summed E-state index contributed by atoms with van der Waals surface area (Å²) >= 11 is 0. The summed E-state index contributed by atoms with van der Waals surface area (Å²) in [5.74, 6) is 0. The lowest BCUT2D eigenvalue weighted by atomic mass is 9.91. The number of rotatable bonds is 8. The Labute approximate surface area is 388 Å². The number of nitrogens with zero attached hydrogens (tertiary/aromatic N) is 2. The van der Waals surface area contributed by atoms with Gasteiger partial charge in [-0.1, -0.05) is 200 Å². The molecule has 0 atom stereocenters. The second-order valence-corrected chi connectivity index (χ2v) is 17.2. The molecule has 2 aromatic heterocycles. The molecule has 0 fully saturated rings. The van der Waals surface area contributed by atoms with Crippen LogP contribution in [0.1, 0.15) is 0 Å². The first kappa shape index (κ1) is 38.5. The highest BCUT2D eigenvalue weighted by molar-refractivity contribution is 6.11. The van der Waals surface area contributed by atoms with E-state index >= 15 is 0 Å². The molecule has 0 unspecified atom stereocenters. The van der Waals surface area contributed by atoms with Crippen LogP contribution in [-0.2, 0) is 0 Å². The van der Waals surface area contributed by atoms with Gasteiger partial charge in [0.1, 0.15) is 11.2 Å². The molecule has 0 saturated heterocycles. The maximum Gasteiger partial charge on any atom is 0.143 e. The molecule has 0 aliphatic rings. The number of hydrogen-bond donors (Lipinski definition) is 0. The minimum absolute atomic E-state index is 0.897. The molecule has 0 N–H and O–H groups in total. The summed E-state index contributed by atoms with van der Waals surface area (Å²) in [6.07, 6.45) is 0. The second-order valence-electron chi connectivity index (χ2n) is 17.2. The predicted molar refractivity (Wildman–Crippen MR) is 282 cm³/mol. The van der Waals surface area contributed by atoms with Crippen LogP contribution >= 0.6 is 0 Å². The molecule has 0 bridgehead atoms. The van der Waals surface area contributed by atoms with Crippen molar-refractivity contribution in [1.82, 2.24) is 4.57 Å². The molecule has 0 amide bonds. The zero-order valence-corrected chi connectivity index (χ0v) is 36.6. The van der Waals surface area contributed by atoms with E-state index < -0.39 is 0 Å². The first-order valence-corrected chi connectivity index (χ1v) is 22.9. The van der Waals surface area contributed by atoms with E-state index in [-0.39, 0.29) is 0 Å². The van der Waals surface area contributed by atoms with Crippen LogP contribution in [0.5, 0.6) is 0 Å². The van der Waals surface area contributed by atoms with Gasteiger partial charge in [-0.15, -0.1) is 0 Å². The number of aromatic nitrogens is 1. The highest BCUT2D eigenvalue weighted by atomic mass is 16.3. The van der Waals surface area contributed by atoms with Gasteiger partial charge in [0.25, 0.3) is 0 Å². The van der Waals surface area contributed by atoms with Gasteiger partial charge >= 0.3 is 0 Å². The maximum atomic E-state index is 6.51. The first-order valence-electron chi connectivity index (χ1n) is 22.9. The quantitative estimate of drug-likeness (QED) is 0.152. The average molecular weight is 855 g/mol. The van der Waals surface area contributed by atoms with Crippen molar-refractivity contribution in [3.63, 3.8) is 0 Å². The number of hydrogen-bond acceptors (Lipinski definition) is 2. The summed E-state index contributed by atoms with van der Waals surface area (Å²) in [6, 6.07) is 92.0. The van der Waals surface area contributed by atoms with Crippen molar-refractivity contribution in [2.24, 2.45) is 0 Å². The highest BCUT2D eigenvalue weighted by Gasteiger charge is 2.22. The molecule has 11 aromatic carbocycles. The van der Waals surface area contributed by atoms with Crippen LogP contribution in [-0.4, -0.2) is 4.57 Å². The lowest BCUT2D eigenvalue weighted by Gasteiger charge is -2.29. The summed E-state index contributed by atoms with van der Waals surface area (Å²) in [4.78, 5) is 2.42. The van der Waals surface area contributed by atoms with Crippen molar-refractivity contribution in [2.45, 2.75) is 0 Å². The average Bonchev–Trinajstić information content (AvgIpc) is 3.95. The predicted octanol–water partition coefficient (Wildman–Crippen LogP) is 18.0. The van der Waals surface area contributed by atoms with E-state index in [1.165, 1.54) is 38.1 Å². The Morgan fingerprint density at radius 1 is 0.313 bits per heavy atom. The molecule has 0 aliphatic carbocycles. The fourth-order valence-corrected chi connectivity index (χ4v) is 10.4. The lowest BCUT2D eigenvalue weighted by molar-refractivity contribution is 0.670. The zero-order valence-electron chi connectivity index (χ0n) is 36.6. The summed E-state index contributed by atoms with van der Waals surface area (Å²) in [5, 5.41) is 7.19. The molecule has 3 nitrogen and oxygen atoms in total. The normalized spacial score (nSPS) is 11.6. The zero-order chi connectivity index (χ0) is 44.3. The SMILES string of the molecule is c1cc(-c2cccc3ccccc23)cc(N(c2ccc(-c3cccc4c3oc3ccccc34)cc2)c2ccccc2-c2ccccc2-c2ccccc2-n2c3ccccc3c3ccccc32)c1. The summed E-state index contributed by atoms with van der Waals surface area (Å²) in [6.45, 7) is 0. The Hall–Kier alpha value is -8.92. The Kier molecular flexibility index (Phi) is 9.17. The fraction of sp³-hybridized carbons (Fsp3) is 0. The van der Waals surface area contributed by atoms with Crippen LogP contribution < -0.4 is 4.90 Å². The highest BCUT2D eigenvalue weighted by Crippen LogP contribution is 2.47.